The van der Waals surface area contributed by atoms with E-state index in [1.165, 1.54) is 15.3 Å². The van der Waals surface area contributed by atoms with Gasteiger partial charge in [0.05, 0.1) is 17.8 Å². The van der Waals surface area contributed by atoms with E-state index in [9.17, 15) is 0 Å². The number of aromatic nitrogens is 1. The molecule has 0 amide bonds. The highest BCUT2D eigenvalue weighted by Crippen LogP contribution is 2.44. The normalized spacial score (nSPS) is 19.7. The average Bonchev–Trinajstić information content (AvgIpc) is 3.21. The van der Waals surface area contributed by atoms with E-state index < -0.39 is 0 Å². The van der Waals surface area contributed by atoms with Gasteiger partial charge in [-0.15, -0.1) is 11.3 Å². The van der Waals surface area contributed by atoms with Gasteiger partial charge in [-0.3, -0.25) is 4.98 Å². The summed E-state index contributed by atoms with van der Waals surface area (Å²) in [5.74, 6) is 0. The molecule has 2 aromatic heterocycles. The van der Waals surface area contributed by atoms with Crippen LogP contribution in [0.1, 0.15) is 33.1 Å². The minimum atomic E-state index is 0.0192. The van der Waals surface area contributed by atoms with Crippen molar-refractivity contribution >= 4 is 50.3 Å². The number of thiocarbonyl (C=S) groups is 1. The van der Waals surface area contributed by atoms with Gasteiger partial charge in [-0.2, -0.15) is 0 Å². The Bertz CT molecular complexity index is 955. The van der Waals surface area contributed by atoms with Crippen molar-refractivity contribution in [1.82, 2.24) is 10.3 Å². The summed E-state index contributed by atoms with van der Waals surface area (Å²) in [7, 11) is 0. The largest absolute Gasteiger partial charge is 0.351 e. The van der Waals surface area contributed by atoms with E-state index in [4.69, 9.17) is 12.2 Å². The maximum atomic E-state index is 5.74. The van der Waals surface area contributed by atoms with Gasteiger partial charge in [0.1, 0.15) is 0 Å². The van der Waals surface area contributed by atoms with Crippen molar-refractivity contribution in [2.24, 2.45) is 0 Å². The summed E-state index contributed by atoms with van der Waals surface area (Å²) in [6.07, 6.45) is 1.84. The van der Waals surface area contributed by atoms with E-state index >= 15 is 0 Å². The van der Waals surface area contributed by atoms with E-state index in [0.29, 0.717) is 0 Å². The van der Waals surface area contributed by atoms with Crippen molar-refractivity contribution in [2.75, 3.05) is 4.90 Å². The Kier molecular flexibility index (Phi) is 4.82. The van der Waals surface area contributed by atoms with Crippen LogP contribution in [0.25, 0.3) is 0 Å². The maximum Gasteiger partial charge on any atom is 0.174 e. The number of nitrogens with one attached hydrogen (secondary N) is 1. The van der Waals surface area contributed by atoms with Crippen LogP contribution >= 0.6 is 39.5 Å². The fourth-order valence-corrected chi connectivity index (χ4v) is 4.91. The number of aryl methyl sites for hydroxylation is 2. The fourth-order valence-electron chi connectivity index (χ4n) is 3.31. The molecule has 0 spiro atoms. The first-order chi connectivity index (χ1) is 12.5. The molecule has 6 heteroatoms. The second-order valence-corrected chi connectivity index (χ2v) is 8.94. The Labute approximate surface area is 171 Å². The van der Waals surface area contributed by atoms with E-state index in [-0.39, 0.29) is 12.1 Å². The molecule has 0 aliphatic carbocycles. The lowest BCUT2D eigenvalue weighted by Crippen LogP contribution is -2.29. The summed E-state index contributed by atoms with van der Waals surface area (Å²) in [6.45, 7) is 4.24. The number of hydrogen-bond acceptors (Lipinski definition) is 3. The van der Waals surface area contributed by atoms with E-state index in [0.717, 1.165) is 21.0 Å². The summed E-state index contributed by atoms with van der Waals surface area (Å²) in [5.41, 5.74) is 3.28. The summed E-state index contributed by atoms with van der Waals surface area (Å²) in [5, 5.41) is 4.24. The lowest BCUT2D eigenvalue weighted by molar-refractivity contribution is 0.575. The minimum absolute atomic E-state index is 0.0192. The number of rotatable bonds is 3. The molecule has 0 saturated carbocycles. The summed E-state index contributed by atoms with van der Waals surface area (Å²) in [6, 6.07) is 16.9. The third-order valence-corrected chi connectivity index (χ3v) is 6.85. The number of halogens is 1. The summed E-state index contributed by atoms with van der Waals surface area (Å²) in [4.78, 5) is 9.39. The highest BCUT2D eigenvalue weighted by molar-refractivity contribution is 9.10. The summed E-state index contributed by atoms with van der Waals surface area (Å²) < 4.78 is 1.10. The first-order valence-electron chi connectivity index (χ1n) is 8.38. The van der Waals surface area contributed by atoms with Crippen LogP contribution in [-0.4, -0.2) is 10.1 Å². The van der Waals surface area contributed by atoms with Crippen molar-refractivity contribution in [3.63, 3.8) is 0 Å². The zero-order valence-electron chi connectivity index (χ0n) is 14.4. The number of hydrogen-bond donors (Lipinski definition) is 1. The van der Waals surface area contributed by atoms with Crippen LogP contribution in [0.2, 0.25) is 0 Å². The third kappa shape index (κ3) is 3.17. The van der Waals surface area contributed by atoms with Crippen molar-refractivity contribution in [1.29, 1.82) is 0 Å². The quantitative estimate of drug-likeness (QED) is 0.525. The second-order valence-electron chi connectivity index (χ2n) is 6.38. The fraction of sp³-hybridized carbons (Fsp3) is 0.200. The Hall–Kier alpha value is -1.76. The molecule has 0 unspecified atom stereocenters. The molecular weight excluding hydrogens is 426 g/mol. The number of benzene rings is 1. The van der Waals surface area contributed by atoms with Gasteiger partial charge in [0.15, 0.2) is 5.11 Å². The Morgan fingerprint density at radius 1 is 1.15 bits per heavy atom. The van der Waals surface area contributed by atoms with Gasteiger partial charge in [-0.05, 0) is 74.1 Å². The van der Waals surface area contributed by atoms with E-state index in [1.54, 1.807) is 0 Å². The van der Waals surface area contributed by atoms with Crippen molar-refractivity contribution < 1.29 is 0 Å². The number of anilines is 1. The smallest absolute Gasteiger partial charge is 0.174 e. The topological polar surface area (TPSA) is 28.2 Å². The highest BCUT2D eigenvalue weighted by Gasteiger charge is 2.41. The maximum absolute atomic E-state index is 5.74. The molecule has 3 heterocycles. The van der Waals surface area contributed by atoms with Gasteiger partial charge in [-0.25, -0.2) is 0 Å². The molecule has 1 aliphatic rings. The molecule has 3 nitrogen and oxygen atoms in total. The highest BCUT2D eigenvalue weighted by atomic mass is 79.9. The SMILES string of the molecule is Cc1ccc([C@@H]2[C@@H](c3ccccn3)NC(=S)N2c2ccc(Br)c(C)c2)s1. The summed E-state index contributed by atoms with van der Waals surface area (Å²) >= 11 is 11.1. The van der Waals surface area contributed by atoms with E-state index in [1.807, 2.05) is 29.7 Å². The average molecular weight is 444 g/mol. The molecule has 132 valence electrons. The zero-order chi connectivity index (χ0) is 18.3. The van der Waals surface area contributed by atoms with Crippen LogP contribution in [0.4, 0.5) is 5.69 Å². The van der Waals surface area contributed by atoms with Crippen LogP contribution in [0.3, 0.4) is 0 Å². The molecule has 26 heavy (non-hydrogen) atoms. The molecule has 1 saturated heterocycles. The van der Waals surface area contributed by atoms with Crippen molar-refractivity contribution in [3.8, 4) is 0 Å². The van der Waals surface area contributed by atoms with Crippen molar-refractivity contribution in [2.45, 2.75) is 25.9 Å². The molecule has 1 fully saturated rings. The predicted octanol–water partition coefficient (Wildman–Crippen LogP) is 5.70. The number of nitrogens with zero attached hydrogens (tertiary/aromatic N) is 2. The van der Waals surface area contributed by atoms with Crippen LogP contribution in [0, 0.1) is 13.8 Å². The van der Waals surface area contributed by atoms with Crippen LogP contribution in [0.15, 0.2) is 59.2 Å². The second kappa shape index (κ2) is 7.10. The molecule has 2 atom stereocenters. The number of thiophene rings is 1. The Balaban J connectivity index is 1.83. The molecular formula is C20H18BrN3S2. The predicted molar refractivity (Wildman–Crippen MR) is 116 cm³/mol. The first-order valence-corrected chi connectivity index (χ1v) is 10.4. The zero-order valence-corrected chi connectivity index (χ0v) is 17.7. The van der Waals surface area contributed by atoms with Gasteiger partial charge in [0.2, 0.25) is 0 Å². The van der Waals surface area contributed by atoms with Crippen molar-refractivity contribution in [3.05, 3.63) is 80.2 Å². The molecule has 0 bridgehead atoms. The van der Waals surface area contributed by atoms with E-state index in [2.05, 4.69) is 81.4 Å². The van der Waals surface area contributed by atoms with Gasteiger partial charge in [0.25, 0.3) is 0 Å². The third-order valence-electron chi connectivity index (χ3n) is 4.57. The monoisotopic (exact) mass is 443 g/mol. The minimum Gasteiger partial charge on any atom is -0.351 e. The van der Waals surface area contributed by atoms with Crippen LogP contribution in [0.5, 0.6) is 0 Å². The lowest BCUT2D eigenvalue weighted by Gasteiger charge is -2.27. The molecule has 0 radical (unpaired) electrons. The molecule has 4 rings (SSSR count). The van der Waals surface area contributed by atoms with Crippen LogP contribution < -0.4 is 10.2 Å². The Morgan fingerprint density at radius 3 is 2.65 bits per heavy atom. The first kappa shape index (κ1) is 17.6. The van der Waals surface area contributed by atoms with Gasteiger partial charge in [-0.1, -0.05) is 22.0 Å². The number of pyridine rings is 1. The van der Waals surface area contributed by atoms with Crippen LogP contribution in [-0.2, 0) is 0 Å². The molecule has 1 aromatic carbocycles. The Morgan fingerprint density at radius 2 is 2.00 bits per heavy atom. The molecule has 3 aromatic rings. The molecule has 1 N–H and O–H groups in total. The van der Waals surface area contributed by atoms with Gasteiger partial charge in [0, 0.05) is 26.1 Å². The standard InChI is InChI=1S/C20H18BrN3S2/c1-12-11-14(7-8-15(12)21)24-19(17-9-6-13(2)26-17)18(23-20(24)25)16-5-3-4-10-22-16/h3-11,18-19H,1-2H3,(H,23,25)/t18-,19-/m1/s1. The molecule has 1 aliphatic heterocycles. The lowest BCUT2D eigenvalue weighted by atomic mass is 10.0. The van der Waals surface area contributed by atoms with Gasteiger partial charge < -0.3 is 10.2 Å². The van der Waals surface area contributed by atoms with Gasteiger partial charge >= 0.3 is 0 Å².